The van der Waals surface area contributed by atoms with Crippen LogP contribution in [-0.4, -0.2) is 21.9 Å². The molecule has 1 aliphatic carbocycles. The summed E-state index contributed by atoms with van der Waals surface area (Å²) in [5, 5.41) is 7.57. The van der Waals surface area contributed by atoms with Crippen molar-refractivity contribution < 1.29 is 0 Å². The van der Waals surface area contributed by atoms with Crippen LogP contribution in [0.4, 0.5) is 0 Å². The molecule has 0 unspecified atom stereocenters. The average molecular weight is 385 g/mol. The Bertz CT molecular complexity index is 929. The highest BCUT2D eigenvalue weighted by atomic mass is 35.5. The lowest BCUT2D eigenvalue weighted by atomic mass is 9.96. The first kappa shape index (κ1) is 17.3. The van der Waals surface area contributed by atoms with Crippen LogP contribution in [0.15, 0.2) is 58.1 Å². The molecule has 134 valence electrons. The normalized spacial score (nSPS) is 16.6. The number of benzene rings is 1. The van der Waals surface area contributed by atoms with Gasteiger partial charge in [0.1, 0.15) is 0 Å². The summed E-state index contributed by atoms with van der Waals surface area (Å²) in [5.41, 5.74) is 3.08. The fraction of sp³-hybridized carbons (Fsp3) is 0.300. The molecule has 1 aliphatic rings. The minimum absolute atomic E-state index is 0.410. The summed E-state index contributed by atoms with van der Waals surface area (Å²) < 4.78 is 1.95. The van der Waals surface area contributed by atoms with Gasteiger partial charge < -0.3 is 4.98 Å². The van der Waals surface area contributed by atoms with Crippen LogP contribution in [0.2, 0.25) is 5.02 Å². The molecule has 4 nitrogen and oxygen atoms in total. The first-order valence-corrected chi connectivity index (χ1v) is 10.2. The van der Waals surface area contributed by atoms with Crippen molar-refractivity contribution in [1.29, 1.82) is 0 Å². The summed E-state index contributed by atoms with van der Waals surface area (Å²) in [5.74, 6) is 0. The van der Waals surface area contributed by atoms with Crippen LogP contribution in [0, 0.1) is 0 Å². The van der Waals surface area contributed by atoms with E-state index in [1.165, 1.54) is 32.1 Å². The summed E-state index contributed by atoms with van der Waals surface area (Å²) in [6, 6.07) is 12.2. The van der Waals surface area contributed by atoms with Crippen molar-refractivity contribution in [2.75, 3.05) is 0 Å². The first-order valence-electron chi connectivity index (χ1n) is 8.98. The predicted molar refractivity (Wildman–Crippen MR) is 109 cm³/mol. The third-order valence-electron chi connectivity index (χ3n) is 4.63. The summed E-state index contributed by atoms with van der Waals surface area (Å²) in [7, 11) is 0. The van der Waals surface area contributed by atoms with E-state index in [9.17, 15) is 0 Å². The summed E-state index contributed by atoms with van der Waals surface area (Å²) >= 11 is 7.69. The lowest BCUT2D eigenvalue weighted by Crippen LogP contribution is -2.19. The van der Waals surface area contributed by atoms with Gasteiger partial charge in [0.25, 0.3) is 0 Å². The zero-order valence-electron chi connectivity index (χ0n) is 14.4. The summed E-state index contributed by atoms with van der Waals surface area (Å²) in [4.78, 5) is 9.12. The predicted octanol–water partition coefficient (Wildman–Crippen LogP) is 5.31. The Morgan fingerprint density at radius 1 is 1.12 bits per heavy atom. The molecule has 1 N–H and O–H groups in total. The second-order valence-electron chi connectivity index (χ2n) is 6.51. The maximum Gasteiger partial charge on any atom is 0.206 e. The summed E-state index contributed by atoms with van der Waals surface area (Å²) in [6.45, 7) is 0. The largest absolute Gasteiger partial charge is 0.360 e. The number of hydrogen-bond acceptors (Lipinski definition) is 3. The zero-order chi connectivity index (χ0) is 17.8. The minimum Gasteiger partial charge on any atom is -0.360 e. The van der Waals surface area contributed by atoms with Crippen LogP contribution in [-0.2, 0) is 0 Å². The third-order valence-corrected chi connectivity index (χ3v) is 5.71. The molecule has 4 rings (SSSR count). The number of halogens is 1. The molecule has 26 heavy (non-hydrogen) atoms. The molecule has 2 heterocycles. The van der Waals surface area contributed by atoms with E-state index in [0.717, 1.165) is 26.8 Å². The van der Waals surface area contributed by atoms with Crippen molar-refractivity contribution in [3.8, 4) is 11.3 Å². The molecule has 3 aromatic rings. The molecule has 1 fully saturated rings. The molecular formula is C20H21ClN4S. The minimum atomic E-state index is 0.410. The number of nitrogens with one attached hydrogen (secondary N) is 1. The summed E-state index contributed by atoms with van der Waals surface area (Å²) in [6.07, 6.45) is 9.96. The van der Waals surface area contributed by atoms with Crippen LogP contribution in [0.25, 0.3) is 11.3 Å². The Kier molecular flexibility index (Phi) is 5.37. The molecule has 0 radical (unpaired) electrons. The molecule has 1 saturated carbocycles. The highest BCUT2D eigenvalue weighted by Gasteiger charge is 2.14. The van der Waals surface area contributed by atoms with Gasteiger partial charge in [-0.15, -0.1) is 11.3 Å². The van der Waals surface area contributed by atoms with Crippen LogP contribution >= 0.6 is 22.9 Å². The number of aromatic nitrogens is 2. The van der Waals surface area contributed by atoms with Gasteiger partial charge in [0, 0.05) is 22.2 Å². The Hall–Kier alpha value is -2.11. The number of aromatic amines is 1. The van der Waals surface area contributed by atoms with Gasteiger partial charge in [-0.3, -0.25) is 4.99 Å². The number of thiazole rings is 1. The Morgan fingerprint density at radius 3 is 2.65 bits per heavy atom. The van der Waals surface area contributed by atoms with E-state index in [0.29, 0.717) is 6.04 Å². The number of rotatable bonds is 4. The Labute approximate surface area is 161 Å². The Morgan fingerprint density at radius 2 is 1.92 bits per heavy atom. The number of H-pyrrole nitrogens is 1. The molecule has 0 bridgehead atoms. The van der Waals surface area contributed by atoms with E-state index in [2.05, 4.69) is 10.4 Å². The maximum atomic E-state index is 6.05. The monoisotopic (exact) mass is 384 g/mol. The maximum absolute atomic E-state index is 6.05. The topological polar surface area (TPSA) is 45.4 Å². The highest BCUT2D eigenvalue weighted by Crippen LogP contribution is 2.23. The van der Waals surface area contributed by atoms with Gasteiger partial charge in [0.15, 0.2) is 0 Å². The fourth-order valence-corrected chi connectivity index (χ4v) is 4.26. The third kappa shape index (κ3) is 4.00. The van der Waals surface area contributed by atoms with Crippen LogP contribution in [0.1, 0.15) is 37.8 Å². The molecule has 6 heteroatoms. The van der Waals surface area contributed by atoms with Gasteiger partial charge in [0.2, 0.25) is 4.80 Å². The van der Waals surface area contributed by atoms with E-state index in [1.807, 2.05) is 53.5 Å². The van der Waals surface area contributed by atoms with Crippen molar-refractivity contribution in [1.82, 2.24) is 9.66 Å². The van der Waals surface area contributed by atoms with Crippen LogP contribution in [0.3, 0.4) is 0 Å². The van der Waals surface area contributed by atoms with Crippen LogP contribution < -0.4 is 4.80 Å². The first-order chi connectivity index (χ1) is 12.8. The zero-order valence-corrected chi connectivity index (χ0v) is 16.0. The van der Waals surface area contributed by atoms with Gasteiger partial charge in [-0.1, -0.05) is 43.0 Å². The van der Waals surface area contributed by atoms with E-state index >= 15 is 0 Å². The number of nitrogens with zero attached hydrogens (tertiary/aromatic N) is 3. The van der Waals surface area contributed by atoms with Gasteiger partial charge >= 0.3 is 0 Å². The van der Waals surface area contributed by atoms with Gasteiger partial charge in [-0.05, 0) is 37.1 Å². The van der Waals surface area contributed by atoms with E-state index < -0.39 is 0 Å². The quantitative estimate of drug-likeness (QED) is 0.592. The second kappa shape index (κ2) is 8.06. The SMILES string of the molecule is Clc1ccc(-c2csc(=NC3CCCCC3)n2N=Cc2ccc[nH]2)cc1. The Balaban J connectivity index is 1.76. The fourth-order valence-electron chi connectivity index (χ4n) is 3.23. The van der Waals surface area contributed by atoms with Gasteiger partial charge in [-0.25, -0.2) is 4.68 Å². The standard InChI is InChI=1S/C20H21ClN4S/c21-16-10-8-15(9-11-16)19-14-26-20(24-17-5-2-1-3-6-17)25(19)23-13-18-7-4-12-22-18/h4,7-14,17,22H,1-3,5-6H2. The number of hydrogen-bond donors (Lipinski definition) is 1. The van der Waals surface area contributed by atoms with Crippen LogP contribution in [0.5, 0.6) is 0 Å². The van der Waals surface area contributed by atoms with Gasteiger partial charge in [-0.2, -0.15) is 5.10 Å². The van der Waals surface area contributed by atoms with Crippen molar-refractivity contribution in [2.45, 2.75) is 38.1 Å². The van der Waals surface area contributed by atoms with Crippen molar-refractivity contribution >= 4 is 29.2 Å². The molecule has 2 aromatic heterocycles. The van der Waals surface area contributed by atoms with Crippen molar-refractivity contribution in [3.05, 3.63) is 63.5 Å². The molecule has 0 spiro atoms. The molecule has 0 atom stereocenters. The molecular weight excluding hydrogens is 364 g/mol. The van der Waals surface area contributed by atoms with Crippen molar-refractivity contribution in [3.63, 3.8) is 0 Å². The van der Waals surface area contributed by atoms with E-state index in [-0.39, 0.29) is 0 Å². The van der Waals surface area contributed by atoms with E-state index in [1.54, 1.807) is 11.3 Å². The highest BCUT2D eigenvalue weighted by molar-refractivity contribution is 7.07. The smallest absolute Gasteiger partial charge is 0.206 e. The van der Waals surface area contributed by atoms with Crippen molar-refractivity contribution in [2.24, 2.45) is 10.1 Å². The van der Waals surface area contributed by atoms with E-state index in [4.69, 9.17) is 21.7 Å². The lowest BCUT2D eigenvalue weighted by molar-refractivity contribution is 0.435. The average Bonchev–Trinajstić information content (AvgIpc) is 3.32. The van der Waals surface area contributed by atoms with Gasteiger partial charge in [0.05, 0.1) is 23.6 Å². The lowest BCUT2D eigenvalue weighted by Gasteiger charge is -2.16. The second-order valence-corrected chi connectivity index (χ2v) is 7.79. The molecule has 1 aromatic carbocycles. The molecule has 0 amide bonds. The molecule has 0 saturated heterocycles. The molecule has 0 aliphatic heterocycles.